The van der Waals surface area contributed by atoms with Crippen LogP contribution in [0.4, 0.5) is 5.69 Å². The lowest BCUT2D eigenvalue weighted by molar-refractivity contribution is -0.384. The highest BCUT2D eigenvalue weighted by molar-refractivity contribution is 6.34. The van der Waals surface area contributed by atoms with Crippen LogP contribution in [0.25, 0.3) is 0 Å². The average Bonchev–Trinajstić information content (AvgIpc) is 3.02. The number of nitro benzene ring substituents is 1. The predicted octanol–water partition coefficient (Wildman–Crippen LogP) is 3.25. The summed E-state index contributed by atoms with van der Waals surface area (Å²) in [4.78, 5) is 24.9. The van der Waals surface area contributed by atoms with Crippen LogP contribution in [0.2, 0.25) is 5.02 Å². The number of carbonyl (C=O) groups excluding carboxylic acids is 1. The van der Waals surface area contributed by atoms with Gasteiger partial charge in [-0.15, -0.1) is 0 Å². The topological polar surface area (TPSA) is 75.5 Å². The maximum Gasteiger partial charge on any atom is 0.270 e. The van der Waals surface area contributed by atoms with Gasteiger partial charge in [-0.1, -0.05) is 41.9 Å². The van der Waals surface area contributed by atoms with Crippen molar-refractivity contribution in [3.63, 3.8) is 0 Å². The van der Waals surface area contributed by atoms with Gasteiger partial charge in [0.05, 0.1) is 15.5 Å². The number of nitro groups is 1. The number of nitrogens with one attached hydrogen (secondary N) is 1. The zero-order valence-electron chi connectivity index (χ0n) is 13.5. The van der Waals surface area contributed by atoms with Crippen molar-refractivity contribution in [1.29, 1.82) is 0 Å². The molecule has 130 valence electrons. The molecule has 1 saturated heterocycles. The molecule has 7 heteroatoms. The molecular weight excluding hydrogens is 342 g/mol. The third-order valence-electron chi connectivity index (χ3n) is 4.26. The second kappa shape index (κ2) is 7.63. The monoisotopic (exact) mass is 359 g/mol. The summed E-state index contributed by atoms with van der Waals surface area (Å²) in [5.41, 5.74) is 1.37. The van der Waals surface area contributed by atoms with E-state index < -0.39 is 4.92 Å². The summed E-state index contributed by atoms with van der Waals surface area (Å²) in [5.74, 6) is -0.300. The van der Waals surface area contributed by atoms with Gasteiger partial charge in [0, 0.05) is 37.8 Å². The third kappa shape index (κ3) is 4.35. The highest BCUT2D eigenvalue weighted by atomic mass is 35.5. The van der Waals surface area contributed by atoms with Gasteiger partial charge < -0.3 is 5.32 Å². The van der Waals surface area contributed by atoms with E-state index in [2.05, 4.69) is 22.3 Å². The summed E-state index contributed by atoms with van der Waals surface area (Å²) in [6.07, 6.45) is 0.864. The van der Waals surface area contributed by atoms with Gasteiger partial charge in [0.1, 0.15) is 0 Å². The number of amides is 1. The number of rotatable bonds is 5. The predicted molar refractivity (Wildman–Crippen MR) is 95.7 cm³/mol. The lowest BCUT2D eigenvalue weighted by Gasteiger charge is -2.17. The molecule has 1 aliphatic heterocycles. The van der Waals surface area contributed by atoms with Gasteiger partial charge in [0.25, 0.3) is 11.6 Å². The van der Waals surface area contributed by atoms with Crippen LogP contribution >= 0.6 is 11.6 Å². The van der Waals surface area contributed by atoms with Gasteiger partial charge in [0.15, 0.2) is 0 Å². The van der Waals surface area contributed by atoms with E-state index in [1.807, 2.05) is 18.2 Å². The second-order valence-corrected chi connectivity index (χ2v) is 6.51. The fourth-order valence-corrected chi connectivity index (χ4v) is 3.26. The van der Waals surface area contributed by atoms with Crippen molar-refractivity contribution in [3.8, 4) is 0 Å². The van der Waals surface area contributed by atoms with Gasteiger partial charge >= 0.3 is 0 Å². The van der Waals surface area contributed by atoms with Crippen LogP contribution in [0.1, 0.15) is 22.3 Å². The minimum atomic E-state index is -0.536. The summed E-state index contributed by atoms with van der Waals surface area (Å²) < 4.78 is 0. The molecule has 1 fully saturated rings. The molecule has 2 aromatic rings. The number of likely N-dealkylation sites (tertiary alicyclic amines) is 1. The van der Waals surface area contributed by atoms with Crippen LogP contribution in [-0.4, -0.2) is 34.9 Å². The first-order chi connectivity index (χ1) is 12.0. The van der Waals surface area contributed by atoms with E-state index >= 15 is 0 Å². The molecule has 0 bridgehead atoms. The smallest absolute Gasteiger partial charge is 0.270 e. The van der Waals surface area contributed by atoms with Crippen molar-refractivity contribution in [2.75, 3.05) is 13.1 Å². The quantitative estimate of drug-likeness (QED) is 0.656. The number of halogens is 1. The van der Waals surface area contributed by atoms with Crippen LogP contribution in [-0.2, 0) is 6.54 Å². The van der Waals surface area contributed by atoms with E-state index in [0.717, 1.165) is 26.1 Å². The molecule has 2 aromatic carbocycles. The second-order valence-electron chi connectivity index (χ2n) is 6.10. The molecule has 0 saturated carbocycles. The molecule has 1 aliphatic rings. The number of nitrogens with zero attached hydrogens (tertiary/aromatic N) is 2. The minimum absolute atomic E-state index is 0.0440. The number of hydrogen-bond donors (Lipinski definition) is 1. The maximum absolute atomic E-state index is 12.4. The van der Waals surface area contributed by atoms with E-state index in [1.165, 1.54) is 23.8 Å². The van der Waals surface area contributed by atoms with E-state index in [9.17, 15) is 14.9 Å². The summed E-state index contributed by atoms with van der Waals surface area (Å²) in [5, 5.41) is 13.8. The lowest BCUT2D eigenvalue weighted by atomic mass is 10.1. The molecule has 1 atom stereocenters. The fourth-order valence-electron chi connectivity index (χ4n) is 3.00. The highest BCUT2D eigenvalue weighted by Gasteiger charge is 2.25. The number of hydrogen-bond acceptors (Lipinski definition) is 4. The molecule has 0 spiro atoms. The normalized spacial score (nSPS) is 17.4. The Kier molecular flexibility index (Phi) is 5.31. The lowest BCUT2D eigenvalue weighted by Crippen LogP contribution is -2.37. The molecule has 0 aliphatic carbocycles. The number of non-ortho nitro benzene ring substituents is 1. The van der Waals surface area contributed by atoms with Crippen molar-refractivity contribution in [3.05, 3.63) is 74.8 Å². The molecule has 25 heavy (non-hydrogen) atoms. The highest BCUT2D eigenvalue weighted by Crippen LogP contribution is 2.23. The van der Waals surface area contributed by atoms with E-state index in [0.29, 0.717) is 0 Å². The number of benzene rings is 2. The van der Waals surface area contributed by atoms with Crippen molar-refractivity contribution in [1.82, 2.24) is 10.2 Å². The molecule has 6 nitrogen and oxygen atoms in total. The first-order valence-electron chi connectivity index (χ1n) is 8.04. The zero-order chi connectivity index (χ0) is 17.8. The van der Waals surface area contributed by atoms with Crippen molar-refractivity contribution in [2.24, 2.45) is 0 Å². The van der Waals surface area contributed by atoms with E-state index in [4.69, 9.17) is 11.6 Å². The van der Waals surface area contributed by atoms with Crippen LogP contribution in [0.3, 0.4) is 0 Å². The van der Waals surface area contributed by atoms with Gasteiger partial charge in [-0.3, -0.25) is 19.8 Å². The van der Waals surface area contributed by atoms with E-state index in [-0.39, 0.29) is 28.2 Å². The maximum atomic E-state index is 12.4. The Labute approximate surface area is 150 Å². The van der Waals surface area contributed by atoms with Crippen LogP contribution < -0.4 is 5.32 Å². The fraction of sp³-hybridized carbons (Fsp3) is 0.278. The Balaban J connectivity index is 1.58. The molecule has 1 N–H and O–H groups in total. The Morgan fingerprint density at radius 1 is 1.28 bits per heavy atom. The SMILES string of the molecule is O=C(NC1CCN(Cc2ccccc2)C1)c1ccc([N+](=O)[O-])cc1Cl. The van der Waals surface area contributed by atoms with Crippen molar-refractivity contribution in [2.45, 2.75) is 19.0 Å². The van der Waals surface area contributed by atoms with Gasteiger partial charge in [-0.25, -0.2) is 0 Å². The Hall–Kier alpha value is -2.44. The Bertz CT molecular complexity index is 782. The standard InChI is InChI=1S/C18H18ClN3O3/c19-17-10-15(22(24)25)6-7-16(17)18(23)20-14-8-9-21(12-14)11-13-4-2-1-3-5-13/h1-7,10,14H,8-9,11-12H2,(H,20,23). The summed E-state index contributed by atoms with van der Waals surface area (Å²) in [6, 6.07) is 14.1. The summed E-state index contributed by atoms with van der Waals surface area (Å²) >= 11 is 6.01. The average molecular weight is 360 g/mol. The van der Waals surface area contributed by atoms with Crippen molar-refractivity contribution >= 4 is 23.2 Å². The molecule has 3 rings (SSSR count). The van der Waals surface area contributed by atoms with Gasteiger partial charge in [-0.05, 0) is 18.1 Å². The summed E-state index contributed by atoms with van der Waals surface area (Å²) in [7, 11) is 0. The molecule has 0 aromatic heterocycles. The van der Waals surface area contributed by atoms with Crippen LogP contribution in [0.5, 0.6) is 0 Å². The van der Waals surface area contributed by atoms with E-state index in [1.54, 1.807) is 0 Å². The molecule has 0 radical (unpaired) electrons. The first-order valence-corrected chi connectivity index (χ1v) is 8.42. The van der Waals surface area contributed by atoms with Gasteiger partial charge in [-0.2, -0.15) is 0 Å². The molecular formula is C18H18ClN3O3. The van der Waals surface area contributed by atoms with Gasteiger partial charge in [0.2, 0.25) is 0 Å². The zero-order valence-corrected chi connectivity index (χ0v) is 14.3. The van der Waals surface area contributed by atoms with Crippen LogP contribution in [0, 0.1) is 10.1 Å². The molecule has 1 unspecified atom stereocenters. The Morgan fingerprint density at radius 2 is 2.04 bits per heavy atom. The first kappa shape index (κ1) is 17.4. The third-order valence-corrected chi connectivity index (χ3v) is 4.58. The summed E-state index contributed by atoms with van der Waals surface area (Å²) in [6.45, 7) is 2.53. The minimum Gasteiger partial charge on any atom is -0.348 e. The Morgan fingerprint density at radius 3 is 2.72 bits per heavy atom. The molecule has 1 amide bonds. The molecule has 1 heterocycles. The number of carbonyl (C=O) groups is 1. The van der Waals surface area contributed by atoms with Crippen LogP contribution in [0.15, 0.2) is 48.5 Å². The largest absolute Gasteiger partial charge is 0.348 e. The van der Waals surface area contributed by atoms with Crippen molar-refractivity contribution < 1.29 is 9.72 Å².